The molecule has 17 heavy (non-hydrogen) atoms. The highest BCUT2D eigenvalue weighted by Crippen LogP contribution is 2.26. The van der Waals surface area contributed by atoms with Crippen molar-refractivity contribution in [2.24, 2.45) is 5.92 Å². The third kappa shape index (κ3) is 2.59. The number of carbonyl (C=O) groups is 2. The van der Waals surface area contributed by atoms with Gasteiger partial charge in [-0.15, -0.1) is 0 Å². The molecule has 4 nitrogen and oxygen atoms in total. The van der Waals surface area contributed by atoms with Crippen LogP contribution >= 0.6 is 22.6 Å². The highest BCUT2D eigenvalue weighted by atomic mass is 127. The van der Waals surface area contributed by atoms with Crippen LogP contribution in [0.4, 0.5) is 5.69 Å². The number of nitrogens with zero attached hydrogens (tertiary/aromatic N) is 1. The van der Waals surface area contributed by atoms with Gasteiger partial charge >= 0.3 is 5.97 Å². The predicted octanol–water partition coefficient (Wildman–Crippen LogP) is 1.82. The number of amides is 1. The smallest absolute Gasteiger partial charge is 0.311 e. The number of halogens is 1. The average molecular weight is 345 g/mol. The van der Waals surface area contributed by atoms with Crippen LogP contribution in [0, 0.1) is 9.49 Å². The van der Waals surface area contributed by atoms with Crippen LogP contribution in [0.2, 0.25) is 0 Å². The van der Waals surface area contributed by atoms with Crippen molar-refractivity contribution in [1.29, 1.82) is 0 Å². The molecular weight excluding hydrogens is 333 g/mol. The standard InChI is InChI=1S/C12H12INO3/c1-17-12(16)8-5-11(15)14(7-8)10-4-2-3-9(13)6-10/h2-4,6,8H,5,7H2,1H3/t8-/m0/s1. The number of hydrogen-bond donors (Lipinski definition) is 0. The molecule has 0 aromatic heterocycles. The van der Waals surface area contributed by atoms with Gasteiger partial charge in [0, 0.05) is 22.2 Å². The van der Waals surface area contributed by atoms with Gasteiger partial charge in [-0.3, -0.25) is 9.59 Å². The Hall–Kier alpha value is -1.11. The van der Waals surface area contributed by atoms with E-state index >= 15 is 0 Å². The number of methoxy groups -OCH3 is 1. The van der Waals surface area contributed by atoms with Gasteiger partial charge < -0.3 is 9.64 Å². The van der Waals surface area contributed by atoms with Crippen molar-refractivity contribution in [3.63, 3.8) is 0 Å². The monoisotopic (exact) mass is 345 g/mol. The van der Waals surface area contributed by atoms with E-state index in [0.29, 0.717) is 6.54 Å². The minimum absolute atomic E-state index is 0.0256. The van der Waals surface area contributed by atoms with E-state index in [1.807, 2.05) is 24.3 Å². The van der Waals surface area contributed by atoms with Gasteiger partial charge in [-0.05, 0) is 40.8 Å². The van der Waals surface area contributed by atoms with Gasteiger partial charge in [0.05, 0.1) is 13.0 Å². The first kappa shape index (κ1) is 12.3. The molecule has 1 atom stereocenters. The molecule has 0 aliphatic carbocycles. The van der Waals surface area contributed by atoms with Crippen LogP contribution in [0.15, 0.2) is 24.3 Å². The lowest BCUT2D eigenvalue weighted by atomic mass is 10.1. The lowest BCUT2D eigenvalue weighted by Crippen LogP contribution is -2.26. The molecule has 0 N–H and O–H groups in total. The quantitative estimate of drug-likeness (QED) is 0.607. The first-order valence-corrected chi connectivity index (χ1v) is 6.33. The summed E-state index contributed by atoms with van der Waals surface area (Å²) in [5, 5.41) is 0. The molecule has 1 fully saturated rings. The number of hydrogen-bond acceptors (Lipinski definition) is 3. The van der Waals surface area contributed by atoms with E-state index in [-0.39, 0.29) is 24.2 Å². The van der Waals surface area contributed by atoms with E-state index in [1.54, 1.807) is 4.90 Å². The second-order valence-corrected chi connectivity index (χ2v) is 5.15. The molecule has 1 aromatic carbocycles. The fourth-order valence-electron chi connectivity index (χ4n) is 1.93. The van der Waals surface area contributed by atoms with E-state index in [9.17, 15) is 9.59 Å². The van der Waals surface area contributed by atoms with E-state index in [2.05, 4.69) is 27.3 Å². The lowest BCUT2D eigenvalue weighted by Gasteiger charge is -2.16. The zero-order valence-corrected chi connectivity index (χ0v) is 11.5. The summed E-state index contributed by atoms with van der Waals surface area (Å²) in [5.41, 5.74) is 0.841. The highest BCUT2D eigenvalue weighted by molar-refractivity contribution is 14.1. The molecule has 1 heterocycles. The molecule has 1 aromatic rings. The van der Waals surface area contributed by atoms with Gasteiger partial charge in [0.1, 0.15) is 0 Å². The van der Waals surface area contributed by atoms with Crippen molar-refractivity contribution in [3.05, 3.63) is 27.8 Å². The van der Waals surface area contributed by atoms with E-state index in [1.165, 1.54) is 7.11 Å². The summed E-state index contributed by atoms with van der Waals surface area (Å²) in [5.74, 6) is -0.681. The lowest BCUT2D eigenvalue weighted by molar-refractivity contribution is -0.145. The molecule has 2 rings (SSSR count). The Labute approximate surface area is 113 Å². The number of carbonyl (C=O) groups excluding carboxylic acids is 2. The van der Waals surface area contributed by atoms with Crippen LogP contribution in [0.3, 0.4) is 0 Å². The topological polar surface area (TPSA) is 46.6 Å². The fourth-order valence-corrected chi connectivity index (χ4v) is 2.45. The molecule has 1 aliphatic heterocycles. The molecule has 90 valence electrons. The third-order valence-electron chi connectivity index (χ3n) is 2.78. The van der Waals surface area contributed by atoms with Gasteiger partial charge in [0.25, 0.3) is 0 Å². The van der Waals surface area contributed by atoms with Crippen LogP contribution in [0.1, 0.15) is 6.42 Å². The molecule has 0 bridgehead atoms. The van der Waals surface area contributed by atoms with Crippen molar-refractivity contribution in [3.8, 4) is 0 Å². The molecule has 0 spiro atoms. The Morgan fingerprint density at radius 2 is 2.29 bits per heavy atom. The maximum absolute atomic E-state index is 11.8. The number of rotatable bonds is 2. The maximum atomic E-state index is 11.8. The summed E-state index contributed by atoms with van der Waals surface area (Å²) in [7, 11) is 1.35. The molecular formula is C12H12INO3. The van der Waals surface area contributed by atoms with Crippen molar-refractivity contribution in [1.82, 2.24) is 0 Å². The minimum Gasteiger partial charge on any atom is -0.469 e. The SMILES string of the molecule is COC(=O)[C@H]1CC(=O)N(c2cccc(I)c2)C1. The Morgan fingerprint density at radius 1 is 1.53 bits per heavy atom. The van der Waals surface area contributed by atoms with E-state index in [4.69, 9.17) is 0 Å². The Morgan fingerprint density at radius 3 is 2.94 bits per heavy atom. The van der Waals surface area contributed by atoms with Crippen molar-refractivity contribution < 1.29 is 14.3 Å². The van der Waals surface area contributed by atoms with Gasteiger partial charge in [0.15, 0.2) is 0 Å². The number of esters is 1. The molecule has 1 aliphatic rings. The largest absolute Gasteiger partial charge is 0.469 e. The molecule has 1 amide bonds. The molecule has 5 heteroatoms. The fraction of sp³-hybridized carbons (Fsp3) is 0.333. The number of ether oxygens (including phenoxy) is 1. The Balaban J connectivity index is 2.18. The third-order valence-corrected chi connectivity index (χ3v) is 3.45. The minimum atomic E-state index is -0.342. The van der Waals surface area contributed by atoms with Crippen molar-refractivity contribution in [2.75, 3.05) is 18.6 Å². The van der Waals surface area contributed by atoms with Crippen molar-refractivity contribution >= 4 is 40.2 Å². The Kier molecular flexibility index (Phi) is 3.66. The van der Waals surface area contributed by atoms with Gasteiger partial charge in [-0.25, -0.2) is 0 Å². The molecule has 0 radical (unpaired) electrons. The summed E-state index contributed by atoms with van der Waals surface area (Å²) in [6.07, 6.45) is 0.234. The van der Waals surface area contributed by atoms with Gasteiger partial charge in [-0.2, -0.15) is 0 Å². The van der Waals surface area contributed by atoms with Crippen LogP contribution in [-0.4, -0.2) is 25.5 Å². The summed E-state index contributed by atoms with van der Waals surface area (Å²) in [4.78, 5) is 24.9. The molecule has 1 saturated heterocycles. The zero-order chi connectivity index (χ0) is 12.4. The predicted molar refractivity (Wildman–Crippen MR) is 71.6 cm³/mol. The Bertz CT molecular complexity index is 461. The van der Waals surface area contributed by atoms with Gasteiger partial charge in [0.2, 0.25) is 5.91 Å². The highest BCUT2D eigenvalue weighted by Gasteiger charge is 2.35. The normalized spacial score (nSPS) is 19.5. The number of benzene rings is 1. The maximum Gasteiger partial charge on any atom is 0.311 e. The first-order chi connectivity index (χ1) is 8.11. The first-order valence-electron chi connectivity index (χ1n) is 5.25. The van der Waals surface area contributed by atoms with E-state index in [0.717, 1.165) is 9.26 Å². The van der Waals surface area contributed by atoms with Crippen LogP contribution in [-0.2, 0) is 14.3 Å². The van der Waals surface area contributed by atoms with E-state index < -0.39 is 0 Å². The zero-order valence-electron chi connectivity index (χ0n) is 9.35. The average Bonchev–Trinajstić information content (AvgIpc) is 2.70. The molecule has 0 unspecified atom stereocenters. The van der Waals surface area contributed by atoms with Gasteiger partial charge in [-0.1, -0.05) is 6.07 Å². The summed E-state index contributed by atoms with van der Waals surface area (Å²) in [6, 6.07) is 7.66. The summed E-state index contributed by atoms with van der Waals surface area (Å²) >= 11 is 2.20. The van der Waals surface area contributed by atoms with Crippen molar-refractivity contribution in [2.45, 2.75) is 6.42 Å². The number of anilines is 1. The van der Waals surface area contributed by atoms with Crippen LogP contribution < -0.4 is 4.90 Å². The summed E-state index contributed by atoms with van der Waals surface area (Å²) in [6.45, 7) is 0.408. The second kappa shape index (κ2) is 5.03. The molecule has 0 saturated carbocycles. The summed E-state index contributed by atoms with van der Waals surface area (Å²) < 4.78 is 5.74. The van der Waals surface area contributed by atoms with Crippen LogP contribution in [0.25, 0.3) is 0 Å². The van der Waals surface area contributed by atoms with Crippen LogP contribution in [0.5, 0.6) is 0 Å². The second-order valence-electron chi connectivity index (χ2n) is 3.91.